The van der Waals surface area contributed by atoms with Crippen LogP contribution in [0.3, 0.4) is 0 Å². The highest BCUT2D eigenvalue weighted by Crippen LogP contribution is 2.25. The fourth-order valence-corrected chi connectivity index (χ4v) is 1.93. The van der Waals surface area contributed by atoms with Gasteiger partial charge in [-0.15, -0.1) is 11.8 Å². The Morgan fingerprint density at radius 2 is 2.23 bits per heavy atom. The molecule has 13 heavy (non-hydrogen) atoms. The number of aliphatic hydroxyl groups excluding tert-OH is 1. The molecule has 1 aromatic carbocycles. The maximum atomic E-state index is 8.61. The van der Waals surface area contributed by atoms with E-state index in [4.69, 9.17) is 10.8 Å². The first kappa shape index (κ1) is 10.4. The summed E-state index contributed by atoms with van der Waals surface area (Å²) >= 11 is 1.70. The SMILES string of the molecule is Cc1ccc(SCCCO)c(N)c1. The van der Waals surface area contributed by atoms with Gasteiger partial charge in [-0.3, -0.25) is 0 Å². The molecule has 0 unspecified atom stereocenters. The van der Waals surface area contributed by atoms with Crippen LogP contribution in [-0.4, -0.2) is 17.5 Å². The van der Waals surface area contributed by atoms with E-state index in [0.717, 1.165) is 22.8 Å². The second-order valence-electron chi connectivity index (χ2n) is 2.97. The molecule has 1 aromatic rings. The maximum Gasteiger partial charge on any atom is 0.0454 e. The first-order valence-corrected chi connectivity index (χ1v) is 5.32. The normalized spacial score (nSPS) is 10.3. The lowest BCUT2D eigenvalue weighted by molar-refractivity contribution is 0.296. The first-order chi connectivity index (χ1) is 6.24. The van der Waals surface area contributed by atoms with Gasteiger partial charge in [-0.05, 0) is 31.0 Å². The minimum atomic E-state index is 0.249. The zero-order chi connectivity index (χ0) is 9.68. The van der Waals surface area contributed by atoms with E-state index < -0.39 is 0 Å². The van der Waals surface area contributed by atoms with Crippen molar-refractivity contribution in [3.05, 3.63) is 23.8 Å². The van der Waals surface area contributed by atoms with E-state index in [1.807, 2.05) is 19.1 Å². The second-order valence-corrected chi connectivity index (χ2v) is 4.10. The molecule has 0 fully saturated rings. The third-order valence-electron chi connectivity index (χ3n) is 1.73. The van der Waals surface area contributed by atoms with E-state index in [9.17, 15) is 0 Å². The molecule has 0 aliphatic heterocycles. The minimum absolute atomic E-state index is 0.249. The molecular weight excluding hydrogens is 182 g/mol. The van der Waals surface area contributed by atoms with Gasteiger partial charge in [0.25, 0.3) is 0 Å². The quantitative estimate of drug-likeness (QED) is 0.441. The van der Waals surface area contributed by atoms with Crippen LogP contribution >= 0.6 is 11.8 Å². The summed E-state index contributed by atoms with van der Waals surface area (Å²) in [7, 11) is 0. The highest BCUT2D eigenvalue weighted by molar-refractivity contribution is 7.99. The third kappa shape index (κ3) is 3.28. The summed E-state index contributed by atoms with van der Waals surface area (Å²) in [4.78, 5) is 1.11. The largest absolute Gasteiger partial charge is 0.398 e. The molecule has 1 rings (SSSR count). The lowest BCUT2D eigenvalue weighted by Crippen LogP contribution is -1.91. The van der Waals surface area contributed by atoms with Crippen LogP contribution in [0.4, 0.5) is 5.69 Å². The monoisotopic (exact) mass is 197 g/mol. The fourth-order valence-electron chi connectivity index (χ4n) is 1.05. The molecule has 0 aromatic heterocycles. The molecule has 0 atom stereocenters. The average molecular weight is 197 g/mol. The summed E-state index contributed by atoms with van der Waals surface area (Å²) < 4.78 is 0. The highest BCUT2D eigenvalue weighted by atomic mass is 32.2. The van der Waals surface area contributed by atoms with Gasteiger partial charge in [0.2, 0.25) is 0 Å². The predicted octanol–water partition coefficient (Wildman–Crippen LogP) is 2.05. The molecule has 0 saturated heterocycles. The molecule has 0 spiro atoms. The van der Waals surface area contributed by atoms with E-state index in [1.54, 1.807) is 11.8 Å². The van der Waals surface area contributed by atoms with Gasteiger partial charge in [-0.25, -0.2) is 0 Å². The van der Waals surface area contributed by atoms with Crippen molar-refractivity contribution >= 4 is 17.4 Å². The molecule has 0 radical (unpaired) electrons. The average Bonchev–Trinajstić information content (AvgIpc) is 2.09. The molecule has 0 bridgehead atoms. The molecule has 2 nitrogen and oxygen atoms in total. The van der Waals surface area contributed by atoms with Crippen LogP contribution in [-0.2, 0) is 0 Å². The summed E-state index contributed by atoms with van der Waals surface area (Å²) in [5.74, 6) is 0.920. The Morgan fingerprint density at radius 3 is 2.85 bits per heavy atom. The number of hydrogen-bond acceptors (Lipinski definition) is 3. The molecule has 0 aliphatic carbocycles. The molecular formula is C10H15NOS. The van der Waals surface area contributed by atoms with Gasteiger partial charge in [0, 0.05) is 22.9 Å². The zero-order valence-corrected chi connectivity index (χ0v) is 8.60. The van der Waals surface area contributed by atoms with Gasteiger partial charge < -0.3 is 10.8 Å². The zero-order valence-electron chi connectivity index (χ0n) is 7.79. The lowest BCUT2D eigenvalue weighted by Gasteiger charge is -2.05. The number of nitrogen functional groups attached to an aromatic ring is 1. The second kappa shape index (κ2) is 5.14. The Balaban J connectivity index is 2.56. The van der Waals surface area contributed by atoms with Gasteiger partial charge in [-0.2, -0.15) is 0 Å². The molecule has 0 aliphatic rings. The van der Waals surface area contributed by atoms with Crippen molar-refractivity contribution < 1.29 is 5.11 Å². The number of thioether (sulfide) groups is 1. The van der Waals surface area contributed by atoms with Crippen molar-refractivity contribution in [3.8, 4) is 0 Å². The van der Waals surface area contributed by atoms with Gasteiger partial charge in [0.1, 0.15) is 0 Å². The van der Waals surface area contributed by atoms with E-state index in [2.05, 4.69) is 6.07 Å². The Bertz CT molecular complexity index is 276. The summed E-state index contributed by atoms with van der Waals surface area (Å²) in [6, 6.07) is 6.06. The van der Waals surface area contributed by atoms with Gasteiger partial charge in [0.05, 0.1) is 0 Å². The first-order valence-electron chi connectivity index (χ1n) is 4.34. The predicted molar refractivity (Wildman–Crippen MR) is 58.0 cm³/mol. The van der Waals surface area contributed by atoms with Crippen LogP contribution < -0.4 is 5.73 Å². The Hall–Kier alpha value is -0.670. The minimum Gasteiger partial charge on any atom is -0.398 e. The molecule has 3 heteroatoms. The summed E-state index contributed by atoms with van der Waals surface area (Å²) in [5.41, 5.74) is 7.84. The van der Waals surface area contributed by atoms with Crippen molar-refractivity contribution in [2.24, 2.45) is 0 Å². The van der Waals surface area contributed by atoms with Crippen LogP contribution in [0.1, 0.15) is 12.0 Å². The number of rotatable bonds is 4. The topological polar surface area (TPSA) is 46.2 Å². The van der Waals surface area contributed by atoms with E-state index in [0.29, 0.717) is 0 Å². The lowest BCUT2D eigenvalue weighted by atomic mass is 10.2. The van der Waals surface area contributed by atoms with Crippen LogP contribution in [0.25, 0.3) is 0 Å². The molecule has 0 amide bonds. The Morgan fingerprint density at radius 1 is 1.46 bits per heavy atom. The summed E-state index contributed by atoms with van der Waals surface area (Å²) in [6.45, 7) is 2.28. The maximum absolute atomic E-state index is 8.61. The van der Waals surface area contributed by atoms with Crippen LogP contribution in [0.15, 0.2) is 23.1 Å². The number of nitrogens with two attached hydrogens (primary N) is 1. The standard InChI is InChI=1S/C10H15NOS/c1-8-3-4-10(9(11)7-8)13-6-2-5-12/h3-4,7,12H,2,5-6,11H2,1H3. The molecule has 72 valence electrons. The number of anilines is 1. The summed E-state index contributed by atoms with van der Waals surface area (Å²) in [5, 5.41) is 8.61. The Kier molecular flexibility index (Phi) is 4.12. The molecule has 0 saturated carbocycles. The van der Waals surface area contributed by atoms with E-state index in [-0.39, 0.29) is 6.61 Å². The third-order valence-corrected chi connectivity index (χ3v) is 2.90. The van der Waals surface area contributed by atoms with Crippen LogP contribution in [0.5, 0.6) is 0 Å². The van der Waals surface area contributed by atoms with Crippen molar-refractivity contribution in [2.75, 3.05) is 18.1 Å². The van der Waals surface area contributed by atoms with Crippen molar-refractivity contribution in [2.45, 2.75) is 18.2 Å². The van der Waals surface area contributed by atoms with Crippen molar-refractivity contribution in [1.29, 1.82) is 0 Å². The Labute approximate surface area is 83.1 Å². The van der Waals surface area contributed by atoms with Crippen LogP contribution in [0.2, 0.25) is 0 Å². The van der Waals surface area contributed by atoms with Gasteiger partial charge >= 0.3 is 0 Å². The van der Waals surface area contributed by atoms with Crippen molar-refractivity contribution in [3.63, 3.8) is 0 Å². The van der Waals surface area contributed by atoms with E-state index in [1.165, 1.54) is 5.56 Å². The molecule has 3 N–H and O–H groups in total. The number of aryl methyl sites for hydroxylation is 1. The molecule has 0 heterocycles. The van der Waals surface area contributed by atoms with Crippen molar-refractivity contribution in [1.82, 2.24) is 0 Å². The number of hydrogen-bond donors (Lipinski definition) is 2. The van der Waals surface area contributed by atoms with Gasteiger partial charge in [0.15, 0.2) is 0 Å². The van der Waals surface area contributed by atoms with Gasteiger partial charge in [-0.1, -0.05) is 6.07 Å². The van der Waals surface area contributed by atoms with Crippen LogP contribution in [0, 0.1) is 6.92 Å². The fraction of sp³-hybridized carbons (Fsp3) is 0.400. The van der Waals surface area contributed by atoms with E-state index >= 15 is 0 Å². The number of aliphatic hydroxyl groups is 1. The highest BCUT2D eigenvalue weighted by Gasteiger charge is 1.98. The smallest absolute Gasteiger partial charge is 0.0454 e. The number of benzene rings is 1. The summed E-state index contributed by atoms with van der Waals surface area (Å²) in [6.07, 6.45) is 0.817.